The predicted molar refractivity (Wildman–Crippen MR) is 148 cm³/mol. The largest absolute Gasteiger partial charge is 0.395 e. The van der Waals surface area contributed by atoms with Gasteiger partial charge in [-0.3, -0.25) is 9.08 Å². The van der Waals surface area contributed by atoms with E-state index in [1.165, 1.54) is 77.0 Å². The van der Waals surface area contributed by atoms with E-state index in [0.29, 0.717) is 19.6 Å². The van der Waals surface area contributed by atoms with Gasteiger partial charge in [0.2, 0.25) is 0 Å². The van der Waals surface area contributed by atoms with Gasteiger partial charge in [0.15, 0.2) is 0 Å². The van der Waals surface area contributed by atoms with E-state index >= 15 is 0 Å². The van der Waals surface area contributed by atoms with E-state index in [1.54, 1.807) is 35.2 Å². The topological polar surface area (TPSA) is 107 Å². The molecule has 3 N–H and O–H groups in total. The smallest absolute Gasteiger partial charge is 0.296 e. The predicted octanol–water partition coefficient (Wildman–Crippen LogP) is 5.14. The highest BCUT2D eigenvalue weighted by atomic mass is 32.2. The molecule has 0 heterocycles. The third-order valence-electron chi connectivity index (χ3n) is 6.02. The summed E-state index contributed by atoms with van der Waals surface area (Å²) >= 11 is 0. The summed E-state index contributed by atoms with van der Waals surface area (Å²) < 4.78 is 29.0. The van der Waals surface area contributed by atoms with Crippen LogP contribution in [0, 0.1) is 0 Å². The molecule has 0 saturated carbocycles. The first-order chi connectivity index (χ1) is 17.5. The monoisotopic (exact) mass is 531 g/mol. The molecule has 1 aromatic carbocycles. The summed E-state index contributed by atoms with van der Waals surface area (Å²) in [4.78, 5) is 2.03. The van der Waals surface area contributed by atoms with Crippen LogP contribution in [0.25, 0.3) is 0 Å². The van der Waals surface area contributed by atoms with Crippen molar-refractivity contribution in [2.75, 3.05) is 46.1 Å². The Hall–Kier alpha value is -1.03. The second-order valence-corrected chi connectivity index (χ2v) is 10.8. The fraction of sp³-hybridized carbons (Fsp3) is 0.786. The maximum absolute atomic E-state index is 11.9. The van der Waals surface area contributed by atoms with Crippen LogP contribution in [-0.2, 0) is 14.3 Å². The van der Waals surface area contributed by atoms with E-state index in [0.717, 1.165) is 12.8 Å². The van der Waals surface area contributed by atoms with Crippen molar-refractivity contribution >= 4 is 10.1 Å². The Balaban J connectivity index is 0.00000103. The molecule has 0 fully saturated rings. The van der Waals surface area contributed by atoms with Gasteiger partial charge >= 0.3 is 0 Å². The van der Waals surface area contributed by atoms with Gasteiger partial charge in [0.1, 0.15) is 0 Å². The Morgan fingerprint density at radius 3 is 1.42 bits per heavy atom. The summed E-state index contributed by atoms with van der Waals surface area (Å²) in [6, 6.07) is 8.36. The van der Waals surface area contributed by atoms with E-state index in [1.807, 2.05) is 0 Å². The molecule has 0 aliphatic rings. The molecule has 0 bridgehead atoms. The minimum Gasteiger partial charge on any atom is -0.395 e. The number of benzene rings is 1. The second kappa shape index (κ2) is 25.6. The molecular weight excluding hydrogens is 478 g/mol. The van der Waals surface area contributed by atoms with Crippen LogP contribution < -0.4 is 0 Å². The highest BCUT2D eigenvalue weighted by Crippen LogP contribution is 2.14. The van der Waals surface area contributed by atoms with E-state index in [2.05, 4.69) is 6.92 Å². The van der Waals surface area contributed by atoms with Crippen LogP contribution in [0.2, 0.25) is 0 Å². The minimum absolute atomic E-state index is 0.0694. The maximum atomic E-state index is 11.9. The van der Waals surface area contributed by atoms with Gasteiger partial charge in [-0.05, 0) is 18.6 Å². The first-order valence-electron chi connectivity index (χ1n) is 14.0. The molecule has 0 atom stereocenters. The fourth-order valence-electron chi connectivity index (χ4n) is 3.88. The van der Waals surface area contributed by atoms with Gasteiger partial charge in [0.25, 0.3) is 10.1 Å². The number of nitrogens with zero attached hydrogens (tertiary/aromatic N) is 1. The van der Waals surface area contributed by atoms with E-state index in [9.17, 15) is 8.42 Å². The Morgan fingerprint density at radius 2 is 1.03 bits per heavy atom. The zero-order valence-electron chi connectivity index (χ0n) is 22.7. The van der Waals surface area contributed by atoms with Gasteiger partial charge in [0.05, 0.1) is 31.3 Å². The standard InChI is InChI=1S/C22H38O3S.C6H15NO3/c1-2-3-4-5-6-7-8-9-10-11-12-13-14-18-21-25-26(23,24)22-19-16-15-17-20-22;8-4-1-7(2-5-9)3-6-10/h15-17,19-20H,2-14,18,21H2,1H3;8-10H,1-6H2. The van der Waals surface area contributed by atoms with Crippen LogP contribution in [0.1, 0.15) is 96.8 Å². The van der Waals surface area contributed by atoms with Gasteiger partial charge in [-0.15, -0.1) is 0 Å². The first-order valence-corrected chi connectivity index (χ1v) is 15.4. The van der Waals surface area contributed by atoms with Crippen molar-refractivity contribution in [1.29, 1.82) is 0 Å². The van der Waals surface area contributed by atoms with Crippen LogP contribution >= 0.6 is 0 Å². The van der Waals surface area contributed by atoms with Crippen molar-refractivity contribution in [1.82, 2.24) is 4.90 Å². The number of rotatable bonds is 23. The van der Waals surface area contributed by atoms with Crippen molar-refractivity contribution in [3.8, 4) is 0 Å². The lowest BCUT2D eigenvalue weighted by molar-refractivity contribution is 0.136. The average molecular weight is 532 g/mol. The Bertz CT molecular complexity index is 658. The molecule has 36 heavy (non-hydrogen) atoms. The van der Waals surface area contributed by atoms with Crippen molar-refractivity contribution in [3.63, 3.8) is 0 Å². The molecule has 0 unspecified atom stereocenters. The maximum Gasteiger partial charge on any atom is 0.296 e. The Kier molecular flexibility index (Phi) is 24.9. The summed E-state index contributed by atoms with van der Waals surface area (Å²) in [5.74, 6) is 0. The summed E-state index contributed by atoms with van der Waals surface area (Å²) in [7, 11) is -3.58. The molecule has 8 heteroatoms. The molecule has 0 spiro atoms. The molecule has 1 rings (SSSR count). The Labute approximate surface area is 221 Å². The van der Waals surface area contributed by atoms with E-state index in [-0.39, 0.29) is 31.3 Å². The second-order valence-electron chi connectivity index (χ2n) is 9.20. The molecule has 0 aliphatic carbocycles. The van der Waals surface area contributed by atoms with Crippen LogP contribution in [0.5, 0.6) is 0 Å². The number of hydrogen-bond donors (Lipinski definition) is 3. The van der Waals surface area contributed by atoms with E-state index in [4.69, 9.17) is 19.5 Å². The fourth-order valence-corrected chi connectivity index (χ4v) is 4.84. The minimum atomic E-state index is -3.58. The molecule has 0 amide bonds. The van der Waals surface area contributed by atoms with Crippen molar-refractivity contribution in [3.05, 3.63) is 30.3 Å². The van der Waals surface area contributed by atoms with E-state index < -0.39 is 10.1 Å². The third-order valence-corrected chi connectivity index (χ3v) is 7.34. The van der Waals surface area contributed by atoms with Gasteiger partial charge in [-0.2, -0.15) is 8.42 Å². The first kappa shape index (κ1) is 35.0. The van der Waals surface area contributed by atoms with Crippen LogP contribution in [0.4, 0.5) is 0 Å². The highest BCUT2D eigenvalue weighted by molar-refractivity contribution is 7.86. The summed E-state index contributed by atoms with van der Waals surface area (Å²) in [5, 5.41) is 25.5. The zero-order chi connectivity index (χ0) is 26.7. The van der Waals surface area contributed by atoms with Crippen LogP contribution in [0.15, 0.2) is 35.2 Å². The Morgan fingerprint density at radius 1 is 0.639 bits per heavy atom. The quantitative estimate of drug-likeness (QED) is 0.133. The molecule has 0 aliphatic heterocycles. The SMILES string of the molecule is CCCCCCCCCCCCCCCCOS(=O)(=O)c1ccccc1.OCCN(CCO)CCO. The molecule has 0 radical (unpaired) electrons. The zero-order valence-corrected chi connectivity index (χ0v) is 23.5. The molecular formula is C28H53NO6S. The van der Waals surface area contributed by atoms with Crippen LogP contribution in [0.3, 0.4) is 0 Å². The van der Waals surface area contributed by atoms with Crippen molar-refractivity contribution in [2.45, 2.75) is 102 Å². The summed E-state index contributed by atoms with van der Waals surface area (Å²) in [6.07, 6.45) is 18.0. The average Bonchev–Trinajstić information content (AvgIpc) is 2.88. The van der Waals surface area contributed by atoms with Gasteiger partial charge in [-0.25, -0.2) is 0 Å². The molecule has 7 nitrogen and oxygen atoms in total. The normalized spacial score (nSPS) is 11.5. The number of aliphatic hydroxyl groups excluding tert-OH is 3. The summed E-state index contributed by atoms with van der Waals surface area (Å²) in [6.45, 7) is 4.30. The van der Waals surface area contributed by atoms with Gasteiger partial charge < -0.3 is 15.3 Å². The lowest BCUT2D eigenvalue weighted by Crippen LogP contribution is -2.32. The van der Waals surface area contributed by atoms with Crippen molar-refractivity contribution < 1.29 is 27.9 Å². The number of aliphatic hydroxyl groups is 3. The summed E-state index contributed by atoms with van der Waals surface area (Å²) in [5.41, 5.74) is 0. The third kappa shape index (κ3) is 21.1. The molecule has 0 aromatic heterocycles. The van der Waals surface area contributed by atoms with Gasteiger partial charge in [-0.1, -0.05) is 109 Å². The molecule has 1 aromatic rings. The molecule has 212 valence electrons. The van der Waals surface area contributed by atoms with Gasteiger partial charge in [0, 0.05) is 19.6 Å². The lowest BCUT2D eigenvalue weighted by atomic mass is 10.0. The lowest BCUT2D eigenvalue weighted by Gasteiger charge is -2.17. The van der Waals surface area contributed by atoms with Crippen molar-refractivity contribution in [2.24, 2.45) is 0 Å². The highest BCUT2D eigenvalue weighted by Gasteiger charge is 2.13. The number of unbranched alkanes of at least 4 members (excludes halogenated alkanes) is 13. The van der Waals surface area contributed by atoms with Crippen LogP contribution in [-0.4, -0.2) is 74.7 Å². The molecule has 0 saturated heterocycles. The number of hydrogen-bond acceptors (Lipinski definition) is 7.